The number of methoxy groups -OCH3 is 1. The van der Waals surface area contributed by atoms with E-state index in [2.05, 4.69) is 23.4 Å². The van der Waals surface area contributed by atoms with Gasteiger partial charge in [0.05, 0.1) is 25.2 Å². The Labute approximate surface area is 108 Å². The van der Waals surface area contributed by atoms with Crippen LogP contribution in [0.1, 0.15) is 32.0 Å². The Morgan fingerprint density at radius 3 is 2.94 bits per heavy atom. The highest BCUT2D eigenvalue weighted by Gasteiger charge is 2.36. The van der Waals surface area contributed by atoms with Gasteiger partial charge in [0, 0.05) is 32.4 Å². The van der Waals surface area contributed by atoms with Gasteiger partial charge in [0.25, 0.3) is 0 Å². The molecule has 1 aromatic heterocycles. The van der Waals surface area contributed by atoms with E-state index < -0.39 is 0 Å². The lowest BCUT2D eigenvalue weighted by atomic mass is 10.0. The van der Waals surface area contributed by atoms with E-state index >= 15 is 0 Å². The first-order chi connectivity index (χ1) is 8.58. The number of rotatable bonds is 5. The molecule has 5 nitrogen and oxygen atoms in total. The molecule has 0 saturated carbocycles. The van der Waals surface area contributed by atoms with E-state index in [0.717, 1.165) is 25.3 Å². The summed E-state index contributed by atoms with van der Waals surface area (Å²) in [5.74, 6) is 0.388. The van der Waals surface area contributed by atoms with Crippen molar-refractivity contribution < 1.29 is 9.47 Å². The Balaban J connectivity index is 2.16. The van der Waals surface area contributed by atoms with Gasteiger partial charge >= 0.3 is 0 Å². The van der Waals surface area contributed by atoms with Crippen molar-refractivity contribution >= 4 is 0 Å². The molecule has 5 heteroatoms. The Morgan fingerprint density at radius 1 is 1.61 bits per heavy atom. The summed E-state index contributed by atoms with van der Waals surface area (Å²) in [6, 6.07) is 0.00345. The molecule has 18 heavy (non-hydrogen) atoms. The summed E-state index contributed by atoms with van der Waals surface area (Å²) in [6.07, 6.45) is 4.60. The summed E-state index contributed by atoms with van der Waals surface area (Å²) in [6.45, 7) is 6.38. The van der Waals surface area contributed by atoms with Crippen LogP contribution >= 0.6 is 0 Å². The number of imidazole rings is 1. The number of hydrogen-bond donors (Lipinski definition) is 1. The third-order valence-corrected chi connectivity index (χ3v) is 3.76. The molecule has 0 amide bonds. The van der Waals surface area contributed by atoms with Crippen molar-refractivity contribution in [3.05, 3.63) is 18.2 Å². The molecule has 2 atom stereocenters. The highest BCUT2D eigenvalue weighted by Crippen LogP contribution is 2.27. The molecular formula is C13H23N3O2. The van der Waals surface area contributed by atoms with Gasteiger partial charge in [-0.1, -0.05) is 13.8 Å². The van der Waals surface area contributed by atoms with Gasteiger partial charge in [-0.05, 0) is 5.92 Å². The molecule has 2 rings (SSSR count). The molecule has 2 heterocycles. The zero-order valence-electron chi connectivity index (χ0n) is 11.4. The zero-order chi connectivity index (χ0) is 13.2. The highest BCUT2D eigenvalue weighted by molar-refractivity contribution is 5.07. The van der Waals surface area contributed by atoms with E-state index in [1.807, 2.05) is 12.5 Å². The lowest BCUT2D eigenvalue weighted by molar-refractivity contribution is -0.0302. The molecule has 0 aromatic carbocycles. The molecule has 0 bridgehead atoms. The molecule has 1 aromatic rings. The molecule has 1 aliphatic rings. The Morgan fingerprint density at radius 2 is 2.39 bits per heavy atom. The van der Waals surface area contributed by atoms with E-state index in [9.17, 15) is 0 Å². The standard InChI is InChI=1S/C13H23N3O2/c1-10(2)12(14)11-6-15-9-16(11)7-13(17-3)4-5-18-8-13/h6,9-10,12H,4-5,7-8,14H2,1-3H3. The maximum atomic E-state index is 6.21. The van der Waals surface area contributed by atoms with Crippen molar-refractivity contribution in [1.82, 2.24) is 9.55 Å². The van der Waals surface area contributed by atoms with Gasteiger partial charge in [0.2, 0.25) is 0 Å². The van der Waals surface area contributed by atoms with Crippen LogP contribution < -0.4 is 5.73 Å². The van der Waals surface area contributed by atoms with Crippen LogP contribution in [0.25, 0.3) is 0 Å². The van der Waals surface area contributed by atoms with E-state index in [-0.39, 0.29) is 11.6 Å². The molecule has 102 valence electrons. The maximum absolute atomic E-state index is 6.21. The molecule has 2 N–H and O–H groups in total. The van der Waals surface area contributed by atoms with Crippen molar-refractivity contribution in [1.29, 1.82) is 0 Å². The first kappa shape index (κ1) is 13.5. The molecule has 1 aliphatic heterocycles. The fourth-order valence-electron chi connectivity index (χ4n) is 2.33. The van der Waals surface area contributed by atoms with E-state index in [1.165, 1.54) is 0 Å². The average Bonchev–Trinajstić information content (AvgIpc) is 2.98. The molecule has 0 aliphatic carbocycles. The van der Waals surface area contributed by atoms with Crippen LogP contribution in [0.15, 0.2) is 12.5 Å². The first-order valence-electron chi connectivity index (χ1n) is 6.46. The van der Waals surface area contributed by atoms with Gasteiger partial charge in [-0.3, -0.25) is 0 Å². The molecule has 0 radical (unpaired) electrons. The molecule has 1 fully saturated rings. The molecule has 1 saturated heterocycles. The summed E-state index contributed by atoms with van der Waals surface area (Å²) in [5, 5.41) is 0. The highest BCUT2D eigenvalue weighted by atomic mass is 16.5. The monoisotopic (exact) mass is 253 g/mol. The average molecular weight is 253 g/mol. The van der Waals surface area contributed by atoms with Crippen molar-refractivity contribution in [2.45, 2.75) is 38.5 Å². The second kappa shape index (κ2) is 5.38. The SMILES string of the molecule is COC1(Cn2cncc2C(N)C(C)C)CCOC1. The van der Waals surface area contributed by atoms with Gasteiger partial charge in [0.1, 0.15) is 5.60 Å². The summed E-state index contributed by atoms with van der Waals surface area (Å²) in [7, 11) is 1.74. The number of nitrogens with two attached hydrogens (primary N) is 1. The second-order valence-corrected chi connectivity index (χ2v) is 5.41. The van der Waals surface area contributed by atoms with Crippen molar-refractivity contribution in [2.75, 3.05) is 20.3 Å². The third-order valence-electron chi connectivity index (χ3n) is 3.76. The van der Waals surface area contributed by atoms with Gasteiger partial charge in [0.15, 0.2) is 0 Å². The summed E-state index contributed by atoms with van der Waals surface area (Å²) < 4.78 is 13.2. The van der Waals surface area contributed by atoms with Crippen LogP contribution in [-0.4, -0.2) is 35.5 Å². The minimum Gasteiger partial charge on any atom is -0.378 e. The minimum absolute atomic E-state index is 0.00345. The summed E-state index contributed by atoms with van der Waals surface area (Å²) >= 11 is 0. The second-order valence-electron chi connectivity index (χ2n) is 5.41. The van der Waals surface area contributed by atoms with Gasteiger partial charge in [-0.15, -0.1) is 0 Å². The quantitative estimate of drug-likeness (QED) is 0.860. The van der Waals surface area contributed by atoms with Crippen LogP contribution in [0.2, 0.25) is 0 Å². The lowest BCUT2D eigenvalue weighted by Crippen LogP contribution is -2.38. The van der Waals surface area contributed by atoms with Crippen molar-refractivity contribution in [3.8, 4) is 0 Å². The molecular weight excluding hydrogens is 230 g/mol. The first-order valence-corrected chi connectivity index (χ1v) is 6.46. The fraction of sp³-hybridized carbons (Fsp3) is 0.769. The summed E-state index contributed by atoms with van der Waals surface area (Å²) in [5.41, 5.74) is 7.04. The smallest absolute Gasteiger partial charge is 0.111 e. The minimum atomic E-state index is -0.230. The number of aromatic nitrogens is 2. The van der Waals surface area contributed by atoms with Crippen molar-refractivity contribution in [2.24, 2.45) is 11.7 Å². The molecule has 2 unspecified atom stereocenters. The van der Waals surface area contributed by atoms with Gasteiger partial charge < -0.3 is 19.8 Å². The maximum Gasteiger partial charge on any atom is 0.111 e. The third kappa shape index (κ3) is 2.58. The van der Waals surface area contributed by atoms with Gasteiger partial charge in [-0.2, -0.15) is 0 Å². The predicted molar refractivity (Wildman–Crippen MR) is 69.2 cm³/mol. The van der Waals surface area contributed by atoms with Crippen LogP contribution in [0.3, 0.4) is 0 Å². The Hall–Kier alpha value is -0.910. The lowest BCUT2D eigenvalue weighted by Gasteiger charge is -2.28. The fourth-order valence-corrected chi connectivity index (χ4v) is 2.33. The topological polar surface area (TPSA) is 62.3 Å². The van der Waals surface area contributed by atoms with Crippen LogP contribution in [0.5, 0.6) is 0 Å². The van der Waals surface area contributed by atoms with Crippen LogP contribution in [0.4, 0.5) is 0 Å². The number of hydrogen-bond acceptors (Lipinski definition) is 4. The largest absolute Gasteiger partial charge is 0.378 e. The zero-order valence-corrected chi connectivity index (χ0v) is 11.4. The van der Waals surface area contributed by atoms with Crippen molar-refractivity contribution in [3.63, 3.8) is 0 Å². The van der Waals surface area contributed by atoms with Crippen LogP contribution in [-0.2, 0) is 16.0 Å². The number of nitrogens with zero attached hydrogens (tertiary/aromatic N) is 2. The molecule has 0 spiro atoms. The van der Waals surface area contributed by atoms with Gasteiger partial charge in [-0.25, -0.2) is 4.98 Å². The van der Waals surface area contributed by atoms with E-state index in [1.54, 1.807) is 7.11 Å². The Bertz CT molecular complexity index is 383. The normalized spacial score (nSPS) is 25.8. The summed E-state index contributed by atoms with van der Waals surface area (Å²) in [4.78, 5) is 4.22. The Kier molecular flexibility index (Phi) is 4.04. The van der Waals surface area contributed by atoms with Crippen LogP contribution in [0, 0.1) is 5.92 Å². The van der Waals surface area contributed by atoms with E-state index in [0.29, 0.717) is 12.5 Å². The van der Waals surface area contributed by atoms with E-state index in [4.69, 9.17) is 15.2 Å². The predicted octanol–water partition coefficient (Wildman–Crippen LogP) is 1.34. The number of ether oxygens (including phenoxy) is 2.